The van der Waals surface area contributed by atoms with E-state index in [1.54, 1.807) is 0 Å². The zero-order chi connectivity index (χ0) is 12.5. The van der Waals surface area contributed by atoms with E-state index in [0.717, 1.165) is 25.9 Å². The summed E-state index contributed by atoms with van der Waals surface area (Å²) in [5.74, 6) is 2.20. The van der Waals surface area contributed by atoms with Crippen molar-refractivity contribution < 1.29 is 4.79 Å². The minimum Gasteiger partial charge on any atom is -0.342 e. The van der Waals surface area contributed by atoms with E-state index in [4.69, 9.17) is 11.6 Å². The molecule has 3 heteroatoms. The molecule has 3 atom stereocenters. The van der Waals surface area contributed by atoms with Crippen molar-refractivity contribution in [1.29, 1.82) is 0 Å². The van der Waals surface area contributed by atoms with Crippen LogP contribution in [0.4, 0.5) is 0 Å². The zero-order valence-corrected chi connectivity index (χ0v) is 11.1. The van der Waals surface area contributed by atoms with E-state index in [1.165, 1.54) is 5.56 Å². The third-order valence-corrected chi connectivity index (χ3v) is 4.59. The lowest BCUT2D eigenvalue weighted by atomic mass is 10.1. The van der Waals surface area contributed by atoms with Crippen molar-refractivity contribution >= 4 is 17.5 Å². The molecular weight excluding hydrogens is 246 g/mol. The lowest BCUT2D eigenvalue weighted by Crippen LogP contribution is -2.30. The average Bonchev–Trinajstić information content (AvgIpc) is 3.08. The van der Waals surface area contributed by atoms with Crippen molar-refractivity contribution in [2.24, 2.45) is 11.8 Å². The molecule has 96 valence electrons. The molecule has 1 heterocycles. The molecule has 0 radical (unpaired) electrons. The van der Waals surface area contributed by atoms with Crippen LogP contribution in [0.5, 0.6) is 0 Å². The number of rotatable bonds is 3. The third-order valence-electron chi connectivity index (χ3n) is 4.15. The Balaban J connectivity index is 1.60. The average molecular weight is 264 g/mol. The molecule has 0 N–H and O–H groups in total. The first-order chi connectivity index (χ1) is 8.79. The second-order valence-electron chi connectivity index (χ2n) is 5.45. The van der Waals surface area contributed by atoms with Crippen LogP contribution in [0.3, 0.4) is 0 Å². The maximum absolute atomic E-state index is 12.3. The Labute approximate surface area is 113 Å². The number of benzene rings is 1. The van der Waals surface area contributed by atoms with Gasteiger partial charge in [-0.1, -0.05) is 30.3 Å². The van der Waals surface area contributed by atoms with Crippen molar-refractivity contribution in [3.05, 3.63) is 35.9 Å². The maximum Gasteiger partial charge on any atom is 0.226 e. The van der Waals surface area contributed by atoms with Crippen molar-refractivity contribution in [2.75, 3.05) is 19.0 Å². The molecule has 1 aliphatic heterocycles. The van der Waals surface area contributed by atoms with Crippen LogP contribution >= 0.6 is 11.6 Å². The second-order valence-corrected chi connectivity index (χ2v) is 5.76. The van der Waals surface area contributed by atoms with Gasteiger partial charge in [0.2, 0.25) is 5.91 Å². The smallest absolute Gasteiger partial charge is 0.226 e. The van der Waals surface area contributed by atoms with Gasteiger partial charge in [0.25, 0.3) is 0 Å². The molecule has 0 aromatic heterocycles. The van der Waals surface area contributed by atoms with Gasteiger partial charge in [-0.2, -0.15) is 0 Å². The summed E-state index contributed by atoms with van der Waals surface area (Å²) in [5.41, 5.74) is 1.31. The van der Waals surface area contributed by atoms with Crippen molar-refractivity contribution in [3.63, 3.8) is 0 Å². The highest BCUT2D eigenvalue weighted by molar-refractivity contribution is 6.18. The van der Waals surface area contributed by atoms with Gasteiger partial charge in [-0.05, 0) is 30.2 Å². The summed E-state index contributed by atoms with van der Waals surface area (Å²) in [6.45, 7) is 1.76. The van der Waals surface area contributed by atoms with Gasteiger partial charge in [0, 0.05) is 24.9 Å². The van der Waals surface area contributed by atoms with Crippen LogP contribution in [0.1, 0.15) is 24.3 Å². The summed E-state index contributed by atoms with van der Waals surface area (Å²) < 4.78 is 0. The molecule has 0 bridgehead atoms. The fourth-order valence-electron chi connectivity index (χ4n) is 2.93. The van der Waals surface area contributed by atoms with Gasteiger partial charge < -0.3 is 4.90 Å². The summed E-state index contributed by atoms with van der Waals surface area (Å²) in [6.07, 6.45) is 2.09. The normalized spacial score (nSPS) is 30.5. The topological polar surface area (TPSA) is 20.3 Å². The minimum atomic E-state index is 0.224. The molecular formula is C15H18ClNO. The molecule has 3 rings (SSSR count). The maximum atomic E-state index is 12.3. The largest absolute Gasteiger partial charge is 0.342 e. The molecule has 2 fully saturated rings. The molecule has 1 aliphatic carbocycles. The van der Waals surface area contributed by atoms with Gasteiger partial charge >= 0.3 is 0 Å². The minimum absolute atomic E-state index is 0.224. The molecule has 18 heavy (non-hydrogen) atoms. The number of carbonyl (C=O) groups is 1. The fourth-order valence-corrected chi connectivity index (χ4v) is 3.18. The van der Waals surface area contributed by atoms with E-state index in [-0.39, 0.29) is 5.92 Å². The Kier molecular flexibility index (Phi) is 3.29. The highest BCUT2D eigenvalue weighted by atomic mass is 35.5. The van der Waals surface area contributed by atoms with E-state index in [1.807, 2.05) is 11.0 Å². The SMILES string of the molecule is O=C(C1CC1c1ccccc1)N1CCC(CCl)C1. The van der Waals surface area contributed by atoms with Gasteiger partial charge in [0.15, 0.2) is 0 Å². The van der Waals surface area contributed by atoms with E-state index in [2.05, 4.69) is 24.3 Å². The van der Waals surface area contributed by atoms with Gasteiger partial charge in [-0.15, -0.1) is 11.6 Å². The van der Waals surface area contributed by atoms with Crippen LogP contribution < -0.4 is 0 Å². The van der Waals surface area contributed by atoms with Crippen molar-refractivity contribution in [1.82, 2.24) is 4.90 Å². The third kappa shape index (κ3) is 2.26. The molecule has 2 nitrogen and oxygen atoms in total. The van der Waals surface area contributed by atoms with Gasteiger partial charge in [0.05, 0.1) is 0 Å². The first-order valence-electron chi connectivity index (χ1n) is 6.69. The summed E-state index contributed by atoms with van der Waals surface area (Å²) in [4.78, 5) is 14.4. The number of hydrogen-bond donors (Lipinski definition) is 0. The van der Waals surface area contributed by atoms with Crippen LogP contribution in [-0.2, 0) is 4.79 Å². The Morgan fingerprint density at radius 3 is 2.78 bits per heavy atom. The molecule has 1 saturated carbocycles. The summed E-state index contributed by atoms with van der Waals surface area (Å²) in [5, 5.41) is 0. The highest BCUT2D eigenvalue weighted by Crippen LogP contribution is 2.48. The van der Waals surface area contributed by atoms with Crippen molar-refractivity contribution in [2.45, 2.75) is 18.8 Å². The van der Waals surface area contributed by atoms with Crippen molar-refractivity contribution in [3.8, 4) is 0 Å². The number of nitrogens with zero attached hydrogens (tertiary/aromatic N) is 1. The first kappa shape index (κ1) is 12.0. The van der Waals surface area contributed by atoms with Crippen LogP contribution in [0, 0.1) is 11.8 Å². The molecule has 1 aromatic carbocycles. The second kappa shape index (κ2) is 4.93. The monoisotopic (exact) mass is 263 g/mol. The predicted octanol–water partition coefficient (Wildman–Crippen LogP) is 2.88. The van der Waals surface area contributed by atoms with E-state index in [9.17, 15) is 4.79 Å². The summed E-state index contributed by atoms with van der Waals surface area (Å²) in [7, 11) is 0. The molecule has 1 amide bonds. The number of halogens is 1. The fraction of sp³-hybridized carbons (Fsp3) is 0.533. The number of carbonyl (C=O) groups excluding carboxylic acids is 1. The Morgan fingerprint density at radius 1 is 1.33 bits per heavy atom. The lowest BCUT2D eigenvalue weighted by Gasteiger charge is -2.16. The summed E-state index contributed by atoms with van der Waals surface area (Å²) in [6, 6.07) is 10.4. The van der Waals surface area contributed by atoms with Crippen LogP contribution in [0.2, 0.25) is 0 Å². The Bertz CT molecular complexity index is 433. The molecule has 0 spiro atoms. The number of hydrogen-bond acceptors (Lipinski definition) is 1. The van der Waals surface area contributed by atoms with Crippen LogP contribution in [0.25, 0.3) is 0 Å². The van der Waals surface area contributed by atoms with Gasteiger partial charge in [-0.3, -0.25) is 4.79 Å². The number of likely N-dealkylation sites (tertiary alicyclic amines) is 1. The number of amides is 1. The summed E-state index contributed by atoms with van der Waals surface area (Å²) >= 11 is 5.86. The molecule has 2 aliphatic rings. The molecule has 1 aromatic rings. The lowest BCUT2D eigenvalue weighted by molar-refractivity contribution is -0.131. The van der Waals surface area contributed by atoms with E-state index in [0.29, 0.717) is 23.6 Å². The predicted molar refractivity (Wildman–Crippen MR) is 72.7 cm³/mol. The Hall–Kier alpha value is -1.02. The first-order valence-corrected chi connectivity index (χ1v) is 7.22. The van der Waals surface area contributed by atoms with E-state index < -0.39 is 0 Å². The van der Waals surface area contributed by atoms with Crippen LogP contribution in [-0.4, -0.2) is 29.8 Å². The van der Waals surface area contributed by atoms with E-state index >= 15 is 0 Å². The number of alkyl halides is 1. The van der Waals surface area contributed by atoms with Gasteiger partial charge in [0.1, 0.15) is 0 Å². The standard InChI is InChI=1S/C15H18ClNO/c16-9-11-6-7-17(10-11)15(18)14-8-13(14)12-4-2-1-3-5-12/h1-5,11,13-14H,6-10H2. The molecule has 3 unspecified atom stereocenters. The van der Waals surface area contributed by atoms with Crippen LogP contribution in [0.15, 0.2) is 30.3 Å². The quantitative estimate of drug-likeness (QED) is 0.768. The Morgan fingerprint density at radius 2 is 2.11 bits per heavy atom. The zero-order valence-electron chi connectivity index (χ0n) is 10.4. The van der Waals surface area contributed by atoms with Gasteiger partial charge in [-0.25, -0.2) is 0 Å². The highest BCUT2D eigenvalue weighted by Gasteiger charge is 2.46. The molecule has 1 saturated heterocycles.